The molecular formula is C10H18O4. The van der Waals surface area contributed by atoms with E-state index in [0.29, 0.717) is 6.42 Å². The molecule has 0 saturated heterocycles. The third kappa shape index (κ3) is 3.98. The lowest BCUT2D eigenvalue weighted by Gasteiger charge is -2.28. The van der Waals surface area contributed by atoms with Gasteiger partial charge < -0.3 is 9.47 Å². The van der Waals surface area contributed by atoms with Gasteiger partial charge in [0, 0.05) is 14.2 Å². The number of carbonyl (C=O) groups excluding carboxylic acids is 2. The molecule has 0 aliphatic rings. The van der Waals surface area contributed by atoms with Crippen LogP contribution in [0.4, 0.5) is 0 Å². The summed E-state index contributed by atoms with van der Waals surface area (Å²) in [6.45, 7) is 3.26. The highest BCUT2D eigenvalue weighted by Crippen LogP contribution is 2.21. The summed E-state index contributed by atoms with van der Waals surface area (Å²) in [6, 6.07) is 0. The number of hydrogen-bond acceptors (Lipinski definition) is 4. The van der Waals surface area contributed by atoms with Gasteiger partial charge in [0.1, 0.15) is 11.6 Å². The molecule has 0 spiro atoms. The molecule has 4 heteroatoms. The molecule has 0 aromatic rings. The fraction of sp³-hybridized carbons (Fsp3) is 0.800. The van der Waals surface area contributed by atoms with E-state index in [9.17, 15) is 9.59 Å². The quantitative estimate of drug-likeness (QED) is 0.461. The van der Waals surface area contributed by atoms with Gasteiger partial charge in [-0.2, -0.15) is 0 Å². The molecule has 82 valence electrons. The van der Waals surface area contributed by atoms with Gasteiger partial charge in [0.25, 0.3) is 0 Å². The Bertz CT molecular complexity index is 198. The first kappa shape index (κ1) is 13.3. The van der Waals surface area contributed by atoms with Gasteiger partial charge in [0.2, 0.25) is 0 Å². The summed E-state index contributed by atoms with van der Waals surface area (Å²) in [4.78, 5) is 22.1. The summed E-state index contributed by atoms with van der Waals surface area (Å²) in [5.41, 5.74) is 0. The number of hydrogen-bond donors (Lipinski definition) is 0. The first-order chi connectivity index (χ1) is 6.49. The van der Waals surface area contributed by atoms with E-state index in [1.54, 1.807) is 0 Å². The summed E-state index contributed by atoms with van der Waals surface area (Å²) >= 11 is 0. The molecule has 0 radical (unpaired) electrons. The number of carbonyl (C=O) groups is 2. The van der Waals surface area contributed by atoms with Crippen molar-refractivity contribution in [3.05, 3.63) is 0 Å². The SMILES string of the molecule is CCC(CC(=O)CC(C)=O)(OC)OC. The van der Waals surface area contributed by atoms with Crippen molar-refractivity contribution in [1.82, 2.24) is 0 Å². The molecule has 0 amide bonds. The van der Waals surface area contributed by atoms with E-state index in [1.807, 2.05) is 6.92 Å². The average Bonchev–Trinajstić information content (AvgIpc) is 2.13. The van der Waals surface area contributed by atoms with Crippen LogP contribution in [0.5, 0.6) is 0 Å². The van der Waals surface area contributed by atoms with Crippen LogP contribution in [-0.4, -0.2) is 31.6 Å². The van der Waals surface area contributed by atoms with Crippen molar-refractivity contribution in [2.24, 2.45) is 0 Å². The van der Waals surface area contributed by atoms with Gasteiger partial charge in [-0.05, 0) is 13.3 Å². The van der Waals surface area contributed by atoms with Crippen molar-refractivity contribution < 1.29 is 19.1 Å². The molecule has 0 unspecified atom stereocenters. The zero-order valence-electron chi connectivity index (χ0n) is 9.25. The van der Waals surface area contributed by atoms with Crippen molar-refractivity contribution in [3.8, 4) is 0 Å². The van der Waals surface area contributed by atoms with Crippen molar-refractivity contribution in [2.75, 3.05) is 14.2 Å². The maximum atomic E-state index is 11.4. The lowest BCUT2D eigenvalue weighted by Crippen LogP contribution is -2.35. The van der Waals surface area contributed by atoms with E-state index < -0.39 is 5.79 Å². The van der Waals surface area contributed by atoms with Crippen molar-refractivity contribution >= 4 is 11.6 Å². The van der Waals surface area contributed by atoms with Crippen LogP contribution in [0.1, 0.15) is 33.1 Å². The topological polar surface area (TPSA) is 52.6 Å². The number of ether oxygens (including phenoxy) is 2. The van der Waals surface area contributed by atoms with Crippen LogP contribution in [0.25, 0.3) is 0 Å². The fourth-order valence-electron chi connectivity index (χ4n) is 1.28. The van der Waals surface area contributed by atoms with Crippen LogP contribution in [0.3, 0.4) is 0 Å². The normalized spacial score (nSPS) is 11.4. The van der Waals surface area contributed by atoms with Crippen LogP contribution in [0, 0.1) is 0 Å². The van der Waals surface area contributed by atoms with Gasteiger partial charge in [-0.25, -0.2) is 0 Å². The number of rotatable bonds is 7. The highest BCUT2D eigenvalue weighted by Gasteiger charge is 2.30. The molecule has 0 fully saturated rings. The zero-order chi connectivity index (χ0) is 11.2. The molecule has 0 aromatic carbocycles. The molecule has 14 heavy (non-hydrogen) atoms. The summed E-state index contributed by atoms with van der Waals surface area (Å²) in [5, 5.41) is 0. The van der Waals surface area contributed by atoms with E-state index in [4.69, 9.17) is 9.47 Å². The van der Waals surface area contributed by atoms with E-state index >= 15 is 0 Å². The first-order valence-corrected chi connectivity index (χ1v) is 4.61. The molecule has 0 atom stereocenters. The van der Waals surface area contributed by atoms with Gasteiger partial charge in [-0.15, -0.1) is 0 Å². The monoisotopic (exact) mass is 202 g/mol. The largest absolute Gasteiger partial charge is 0.353 e. The Morgan fingerprint density at radius 1 is 1.21 bits per heavy atom. The van der Waals surface area contributed by atoms with Crippen molar-refractivity contribution in [3.63, 3.8) is 0 Å². The van der Waals surface area contributed by atoms with Crippen LogP contribution in [0.2, 0.25) is 0 Å². The lowest BCUT2D eigenvalue weighted by atomic mass is 10.0. The Morgan fingerprint density at radius 3 is 2.00 bits per heavy atom. The predicted octanol–water partition coefficient (Wildman–Crippen LogP) is 1.32. The summed E-state index contributed by atoms with van der Waals surface area (Å²) in [6.07, 6.45) is 0.647. The molecule has 0 aromatic heterocycles. The third-order valence-electron chi connectivity index (χ3n) is 2.20. The Morgan fingerprint density at radius 2 is 1.71 bits per heavy atom. The Labute approximate surface area is 84.6 Å². The summed E-state index contributed by atoms with van der Waals surface area (Å²) < 4.78 is 10.3. The molecule has 0 aliphatic carbocycles. The average molecular weight is 202 g/mol. The Balaban J connectivity index is 4.29. The maximum Gasteiger partial charge on any atom is 0.174 e. The molecule has 0 rings (SSSR count). The minimum Gasteiger partial charge on any atom is -0.353 e. The highest BCUT2D eigenvalue weighted by molar-refractivity contribution is 5.98. The van der Waals surface area contributed by atoms with Crippen LogP contribution in [0.15, 0.2) is 0 Å². The Hall–Kier alpha value is -0.740. The fourth-order valence-corrected chi connectivity index (χ4v) is 1.28. The minimum absolute atomic E-state index is 0.0472. The van der Waals surface area contributed by atoms with E-state index in [0.717, 1.165) is 0 Å². The third-order valence-corrected chi connectivity index (χ3v) is 2.20. The Kier molecular flexibility index (Phi) is 5.57. The van der Waals surface area contributed by atoms with Gasteiger partial charge in [0.15, 0.2) is 5.79 Å². The zero-order valence-corrected chi connectivity index (χ0v) is 9.25. The second-order valence-electron chi connectivity index (χ2n) is 3.27. The second kappa shape index (κ2) is 5.88. The number of methoxy groups -OCH3 is 2. The summed E-state index contributed by atoms with van der Waals surface area (Å²) in [5.74, 6) is -1.15. The maximum absolute atomic E-state index is 11.4. The van der Waals surface area contributed by atoms with Crippen LogP contribution >= 0.6 is 0 Å². The standard InChI is InChI=1S/C10H18O4/c1-5-10(13-3,14-4)7-9(12)6-8(2)11/h5-7H2,1-4H3. The highest BCUT2D eigenvalue weighted by atomic mass is 16.7. The van der Waals surface area contributed by atoms with Crippen LogP contribution in [-0.2, 0) is 19.1 Å². The van der Waals surface area contributed by atoms with Gasteiger partial charge in [-0.3, -0.25) is 9.59 Å². The van der Waals surface area contributed by atoms with E-state index in [-0.39, 0.29) is 24.4 Å². The molecule has 0 heterocycles. The van der Waals surface area contributed by atoms with Gasteiger partial charge in [0.05, 0.1) is 12.8 Å². The van der Waals surface area contributed by atoms with E-state index in [1.165, 1.54) is 21.1 Å². The van der Waals surface area contributed by atoms with Crippen LogP contribution < -0.4 is 0 Å². The van der Waals surface area contributed by atoms with Gasteiger partial charge >= 0.3 is 0 Å². The first-order valence-electron chi connectivity index (χ1n) is 4.61. The molecule has 0 bridgehead atoms. The van der Waals surface area contributed by atoms with Crippen molar-refractivity contribution in [1.29, 1.82) is 0 Å². The second-order valence-corrected chi connectivity index (χ2v) is 3.27. The number of ketones is 2. The lowest BCUT2D eigenvalue weighted by molar-refractivity contribution is -0.211. The molecule has 4 nitrogen and oxygen atoms in total. The molecule has 0 aliphatic heterocycles. The minimum atomic E-state index is -0.869. The van der Waals surface area contributed by atoms with E-state index in [2.05, 4.69) is 0 Å². The molecule has 0 N–H and O–H groups in total. The number of Topliss-reactive ketones (excluding diaryl/α,β-unsaturated/α-hetero) is 2. The summed E-state index contributed by atoms with van der Waals surface area (Å²) in [7, 11) is 2.99. The smallest absolute Gasteiger partial charge is 0.174 e. The molecular weight excluding hydrogens is 184 g/mol. The molecule has 0 saturated carbocycles. The predicted molar refractivity (Wildman–Crippen MR) is 52.0 cm³/mol. The van der Waals surface area contributed by atoms with Crippen molar-refractivity contribution in [2.45, 2.75) is 38.9 Å². The van der Waals surface area contributed by atoms with Gasteiger partial charge in [-0.1, -0.05) is 6.92 Å².